The molecule has 2 amide bonds. The summed E-state index contributed by atoms with van der Waals surface area (Å²) in [6.45, 7) is 5.84. The molecule has 1 saturated heterocycles. The van der Waals surface area contributed by atoms with Crippen molar-refractivity contribution in [1.82, 2.24) is 20.1 Å². The zero-order valence-electron chi connectivity index (χ0n) is 11.0. The van der Waals surface area contributed by atoms with Crippen molar-refractivity contribution < 1.29 is 4.79 Å². The second-order valence-corrected chi connectivity index (χ2v) is 4.65. The molecule has 2 rings (SSSR count). The second kappa shape index (κ2) is 5.82. The zero-order valence-corrected chi connectivity index (χ0v) is 11.0. The summed E-state index contributed by atoms with van der Waals surface area (Å²) < 4.78 is 0. The van der Waals surface area contributed by atoms with Gasteiger partial charge in [0.05, 0.1) is 12.2 Å². The average molecular weight is 248 g/mol. The minimum Gasteiger partial charge on any atom is -0.322 e. The van der Waals surface area contributed by atoms with Crippen molar-refractivity contribution in [3.8, 4) is 0 Å². The summed E-state index contributed by atoms with van der Waals surface area (Å²) in [7, 11) is 1.83. The van der Waals surface area contributed by atoms with E-state index >= 15 is 0 Å². The molecule has 1 fully saturated rings. The summed E-state index contributed by atoms with van der Waals surface area (Å²) in [6, 6.07) is 5.97. The first kappa shape index (κ1) is 12.8. The Balaban J connectivity index is 1.94. The fourth-order valence-electron chi connectivity index (χ4n) is 2.10. The van der Waals surface area contributed by atoms with Gasteiger partial charge in [0.15, 0.2) is 0 Å². The maximum Gasteiger partial charge on any atom is 0.320 e. The van der Waals surface area contributed by atoms with Gasteiger partial charge in [0.1, 0.15) is 0 Å². The van der Waals surface area contributed by atoms with E-state index in [0.29, 0.717) is 6.54 Å². The normalized spacial score (nSPS) is 15.6. The molecule has 5 heteroatoms. The number of hydrogen-bond donors (Lipinski definition) is 1. The van der Waals surface area contributed by atoms with Crippen LogP contribution in [-0.2, 0) is 6.54 Å². The smallest absolute Gasteiger partial charge is 0.320 e. The number of rotatable bonds is 2. The van der Waals surface area contributed by atoms with Crippen molar-refractivity contribution in [3.63, 3.8) is 0 Å². The molecular formula is C13H20N4O. The molecule has 0 radical (unpaired) electrons. The van der Waals surface area contributed by atoms with Crippen LogP contribution < -0.4 is 5.32 Å². The van der Waals surface area contributed by atoms with Crippen molar-refractivity contribution in [2.24, 2.45) is 0 Å². The lowest BCUT2D eigenvalue weighted by Crippen LogP contribution is -2.50. The minimum absolute atomic E-state index is 0.0832. The van der Waals surface area contributed by atoms with Gasteiger partial charge in [0.2, 0.25) is 0 Å². The van der Waals surface area contributed by atoms with E-state index < -0.39 is 0 Å². The first-order valence-corrected chi connectivity index (χ1v) is 6.30. The van der Waals surface area contributed by atoms with E-state index in [-0.39, 0.29) is 6.03 Å². The van der Waals surface area contributed by atoms with Gasteiger partial charge in [-0.2, -0.15) is 0 Å². The molecule has 1 aliphatic rings. The van der Waals surface area contributed by atoms with Crippen LogP contribution in [0.25, 0.3) is 0 Å². The molecule has 0 aromatic carbocycles. The number of nitrogens with one attached hydrogen (secondary N) is 1. The molecule has 0 atom stereocenters. The topological polar surface area (TPSA) is 48.5 Å². The van der Waals surface area contributed by atoms with Crippen LogP contribution in [0.5, 0.6) is 0 Å². The highest BCUT2D eigenvalue weighted by molar-refractivity contribution is 5.74. The largest absolute Gasteiger partial charge is 0.322 e. The minimum atomic E-state index is 0.0832. The SMILES string of the molecule is Cc1cccc(CN(C)C(=O)N2CCNCC2)n1. The van der Waals surface area contributed by atoms with E-state index in [1.165, 1.54) is 0 Å². The summed E-state index contributed by atoms with van der Waals surface area (Å²) in [4.78, 5) is 20.2. The van der Waals surface area contributed by atoms with Gasteiger partial charge in [-0.1, -0.05) is 6.07 Å². The Hall–Kier alpha value is -1.62. The summed E-state index contributed by atoms with van der Waals surface area (Å²) in [5.74, 6) is 0. The molecule has 1 aliphatic heterocycles. The highest BCUT2D eigenvalue weighted by Gasteiger charge is 2.19. The van der Waals surface area contributed by atoms with Gasteiger partial charge in [-0.3, -0.25) is 4.98 Å². The molecule has 0 spiro atoms. The number of aryl methyl sites for hydroxylation is 1. The van der Waals surface area contributed by atoms with Crippen LogP contribution in [0, 0.1) is 6.92 Å². The molecule has 1 aromatic heterocycles. The molecule has 1 N–H and O–H groups in total. The maximum absolute atomic E-state index is 12.2. The number of urea groups is 1. The van der Waals surface area contributed by atoms with Gasteiger partial charge in [-0.15, -0.1) is 0 Å². The highest BCUT2D eigenvalue weighted by Crippen LogP contribution is 2.05. The van der Waals surface area contributed by atoms with Gasteiger partial charge in [-0.25, -0.2) is 4.79 Å². The average Bonchev–Trinajstić information content (AvgIpc) is 2.39. The third kappa shape index (κ3) is 3.20. The Morgan fingerprint density at radius 2 is 2.17 bits per heavy atom. The first-order chi connectivity index (χ1) is 8.66. The van der Waals surface area contributed by atoms with E-state index in [4.69, 9.17) is 0 Å². The summed E-state index contributed by atoms with van der Waals surface area (Å²) in [5.41, 5.74) is 1.91. The Morgan fingerprint density at radius 1 is 1.44 bits per heavy atom. The number of nitrogens with zero attached hydrogens (tertiary/aromatic N) is 3. The molecule has 0 unspecified atom stereocenters. The quantitative estimate of drug-likeness (QED) is 0.844. The Kier molecular flexibility index (Phi) is 4.15. The first-order valence-electron chi connectivity index (χ1n) is 6.30. The van der Waals surface area contributed by atoms with E-state index in [1.807, 2.05) is 37.1 Å². The predicted octanol–water partition coefficient (Wildman–Crippen LogP) is 0.847. The Bertz CT molecular complexity index is 415. The van der Waals surface area contributed by atoms with Gasteiger partial charge < -0.3 is 15.1 Å². The van der Waals surface area contributed by atoms with Crippen LogP contribution >= 0.6 is 0 Å². The number of pyridine rings is 1. The molecule has 0 saturated carbocycles. The number of hydrogen-bond acceptors (Lipinski definition) is 3. The summed E-state index contributed by atoms with van der Waals surface area (Å²) in [5, 5.41) is 3.24. The van der Waals surface area contributed by atoms with Crippen LogP contribution in [-0.4, -0.2) is 54.0 Å². The molecule has 0 bridgehead atoms. The van der Waals surface area contributed by atoms with Crippen LogP contribution in [0.2, 0.25) is 0 Å². The zero-order chi connectivity index (χ0) is 13.0. The Morgan fingerprint density at radius 3 is 2.83 bits per heavy atom. The fraction of sp³-hybridized carbons (Fsp3) is 0.538. The number of aromatic nitrogens is 1. The standard InChI is InChI=1S/C13H20N4O/c1-11-4-3-5-12(15-11)10-16(2)13(18)17-8-6-14-7-9-17/h3-5,14H,6-10H2,1-2H3. The lowest BCUT2D eigenvalue weighted by atomic mass is 10.3. The third-order valence-electron chi connectivity index (χ3n) is 3.06. The van der Waals surface area contributed by atoms with Crippen LogP contribution in [0.4, 0.5) is 4.79 Å². The molecule has 2 heterocycles. The number of carbonyl (C=O) groups is 1. The van der Waals surface area contributed by atoms with Crippen LogP contribution in [0.15, 0.2) is 18.2 Å². The van der Waals surface area contributed by atoms with Crippen molar-refractivity contribution in [2.45, 2.75) is 13.5 Å². The highest BCUT2D eigenvalue weighted by atomic mass is 16.2. The number of piperazine rings is 1. The van der Waals surface area contributed by atoms with Crippen molar-refractivity contribution >= 4 is 6.03 Å². The monoisotopic (exact) mass is 248 g/mol. The third-order valence-corrected chi connectivity index (χ3v) is 3.06. The molecule has 18 heavy (non-hydrogen) atoms. The van der Waals surface area contributed by atoms with E-state index in [0.717, 1.165) is 37.6 Å². The number of carbonyl (C=O) groups excluding carboxylic acids is 1. The molecular weight excluding hydrogens is 228 g/mol. The lowest BCUT2D eigenvalue weighted by molar-refractivity contribution is 0.153. The second-order valence-electron chi connectivity index (χ2n) is 4.65. The molecule has 1 aromatic rings. The Labute approximate surface area is 108 Å². The van der Waals surface area contributed by atoms with Gasteiger partial charge >= 0.3 is 6.03 Å². The lowest BCUT2D eigenvalue weighted by Gasteiger charge is -2.31. The van der Waals surface area contributed by atoms with E-state index in [1.54, 1.807) is 4.90 Å². The van der Waals surface area contributed by atoms with E-state index in [2.05, 4.69) is 10.3 Å². The fourth-order valence-corrected chi connectivity index (χ4v) is 2.10. The van der Waals surface area contributed by atoms with Crippen molar-refractivity contribution in [3.05, 3.63) is 29.6 Å². The van der Waals surface area contributed by atoms with Gasteiger partial charge in [-0.05, 0) is 19.1 Å². The number of amides is 2. The molecule has 5 nitrogen and oxygen atoms in total. The van der Waals surface area contributed by atoms with Crippen molar-refractivity contribution in [2.75, 3.05) is 33.2 Å². The van der Waals surface area contributed by atoms with Gasteiger partial charge in [0, 0.05) is 38.9 Å². The van der Waals surface area contributed by atoms with Crippen LogP contribution in [0.1, 0.15) is 11.4 Å². The molecule has 0 aliphatic carbocycles. The summed E-state index contributed by atoms with van der Waals surface area (Å²) in [6.07, 6.45) is 0. The molecule has 98 valence electrons. The van der Waals surface area contributed by atoms with Gasteiger partial charge in [0.25, 0.3) is 0 Å². The van der Waals surface area contributed by atoms with E-state index in [9.17, 15) is 4.79 Å². The maximum atomic E-state index is 12.2. The summed E-state index contributed by atoms with van der Waals surface area (Å²) >= 11 is 0. The predicted molar refractivity (Wildman–Crippen MR) is 70.3 cm³/mol. The van der Waals surface area contributed by atoms with Crippen LogP contribution in [0.3, 0.4) is 0 Å². The van der Waals surface area contributed by atoms with Crippen molar-refractivity contribution in [1.29, 1.82) is 0 Å².